The van der Waals surface area contributed by atoms with Crippen LogP contribution < -0.4 is 0 Å². The van der Waals surface area contributed by atoms with Crippen molar-refractivity contribution in [3.05, 3.63) is 0 Å². The van der Waals surface area contributed by atoms with Gasteiger partial charge >= 0.3 is 11.9 Å². The molecular weight excluding hydrogens is 308 g/mol. The van der Waals surface area contributed by atoms with Crippen LogP contribution in [-0.4, -0.2) is 23.1 Å². The molecule has 0 saturated carbocycles. The molecule has 136 valence electrons. The molecule has 0 rings (SSSR count). The summed E-state index contributed by atoms with van der Waals surface area (Å²) in [5.41, 5.74) is -1.11. The molecule has 0 fully saturated rings. The number of carbonyl (C=O) groups excluding carboxylic acids is 2. The Labute approximate surface area is 137 Å². The lowest BCUT2D eigenvalue weighted by Crippen LogP contribution is -2.20. The fourth-order valence-electron chi connectivity index (χ4n) is 1.11. The maximum Gasteiger partial charge on any atom is 0.345 e. The molecule has 8 heteroatoms. The van der Waals surface area contributed by atoms with Gasteiger partial charge in [0.1, 0.15) is 0 Å². The van der Waals surface area contributed by atoms with Crippen molar-refractivity contribution in [1.82, 2.24) is 0 Å². The lowest BCUT2D eigenvalue weighted by atomic mass is 10.1. The van der Waals surface area contributed by atoms with Crippen LogP contribution in [0, 0.1) is 0 Å². The maximum atomic E-state index is 11.3. The first-order chi connectivity index (χ1) is 10.5. The van der Waals surface area contributed by atoms with Crippen molar-refractivity contribution >= 4 is 11.9 Å². The van der Waals surface area contributed by atoms with Gasteiger partial charge in [0.05, 0.1) is 11.2 Å². The summed E-state index contributed by atoms with van der Waals surface area (Å²) < 4.78 is 0. The fourth-order valence-corrected chi connectivity index (χ4v) is 1.11. The molecule has 0 aliphatic carbocycles. The highest BCUT2D eigenvalue weighted by Gasteiger charge is 2.15. The summed E-state index contributed by atoms with van der Waals surface area (Å²) in [5, 5.41) is 8.75. The first-order valence-electron chi connectivity index (χ1n) is 7.60. The van der Waals surface area contributed by atoms with Crippen molar-refractivity contribution in [2.45, 2.75) is 84.8 Å². The lowest BCUT2D eigenvalue weighted by Gasteiger charge is -2.15. The highest BCUT2D eigenvalue weighted by atomic mass is 17.5. The molecule has 8 nitrogen and oxygen atoms in total. The van der Waals surface area contributed by atoms with Crippen LogP contribution in [-0.2, 0) is 39.2 Å². The van der Waals surface area contributed by atoms with E-state index in [0.717, 1.165) is 0 Å². The summed E-state index contributed by atoms with van der Waals surface area (Å²) in [5.74, 6) is -1.06. The van der Waals surface area contributed by atoms with Crippen LogP contribution in [0.2, 0.25) is 0 Å². The predicted octanol–water partition coefficient (Wildman–Crippen LogP) is 3.35. The second-order valence-electron chi connectivity index (χ2n) is 7.00. The molecule has 0 N–H and O–H groups in total. The van der Waals surface area contributed by atoms with Gasteiger partial charge in [-0.05, 0) is 64.5 Å². The zero-order chi connectivity index (χ0) is 17.9. The maximum absolute atomic E-state index is 11.3. The van der Waals surface area contributed by atoms with Crippen LogP contribution in [0.15, 0.2) is 0 Å². The Kier molecular flexibility index (Phi) is 9.98. The molecule has 23 heavy (non-hydrogen) atoms. The van der Waals surface area contributed by atoms with E-state index in [1.165, 1.54) is 0 Å². The molecule has 0 spiro atoms. The minimum atomic E-state index is -0.556. The SMILES string of the molecule is CC(C)(C)OOOC(=O)CCCCCC(=O)OOOC(C)(C)C. The van der Waals surface area contributed by atoms with Crippen LogP contribution in [0.4, 0.5) is 0 Å². The van der Waals surface area contributed by atoms with Crippen LogP contribution in [0.3, 0.4) is 0 Å². The van der Waals surface area contributed by atoms with Gasteiger partial charge in [-0.3, -0.25) is 9.78 Å². The summed E-state index contributed by atoms with van der Waals surface area (Å²) in [7, 11) is 0. The van der Waals surface area contributed by atoms with Gasteiger partial charge in [-0.1, -0.05) is 6.42 Å². The average molecular weight is 336 g/mol. The van der Waals surface area contributed by atoms with E-state index in [1.807, 2.05) is 0 Å². The molecule has 0 amide bonds. The molecule has 0 radical (unpaired) electrons. The Morgan fingerprint density at radius 3 is 1.30 bits per heavy atom. The fraction of sp³-hybridized carbons (Fsp3) is 0.867. The van der Waals surface area contributed by atoms with E-state index in [-0.39, 0.29) is 12.8 Å². The number of carbonyl (C=O) groups is 2. The van der Waals surface area contributed by atoms with E-state index < -0.39 is 23.1 Å². The van der Waals surface area contributed by atoms with Crippen LogP contribution in [0.5, 0.6) is 0 Å². The first kappa shape index (κ1) is 21.8. The summed E-state index contributed by atoms with van der Waals surface area (Å²) in [6.07, 6.45) is 2.12. The van der Waals surface area contributed by atoms with Crippen molar-refractivity contribution < 1.29 is 39.2 Å². The Hall–Kier alpha value is -1.22. The zero-order valence-electron chi connectivity index (χ0n) is 14.8. The van der Waals surface area contributed by atoms with Crippen LogP contribution in [0.25, 0.3) is 0 Å². The second kappa shape index (κ2) is 10.5. The normalized spacial score (nSPS) is 12.1. The molecule has 0 aromatic heterocycles. The van der Waals surface area contributed by atoms with Crippen molar-refractivity contribution in [1.29, 1.82) is 0 Å². The molecule has 0 aromatic rings. The van der Waals surface area contributed by atoms with Crippen LogP contribution >= 0.6 is 0 Å². The topological polar surface area (TPSA) is 89.5 Å². The first-order valence-corrected chi connectivity index (χ1v) is 7.60. The van der Waals surface area contributed by atoms with Gasteiger partial charge in [-0.25, -0.2) is 9.59 Å². The molecule has 0 aliphatic rings. The quantitative estimate of drug-likeness (QED) is 0.341. The third-order valence-electron chi connectivity index (χ3n) is 2.08. The Bertz CT molecular complexity index is 319. The average Bonchev–Trinajstić information content (AvgIpc) is 2.35. The predicted molar refractivity (Wildman–Crippen MR) is 79.1 cm³/mol. The second-order valence-corrected chi connectivity index (χ2v) is 7.00. The number of rotatable bonds is 10. The van der Waals surface area contributed by atoms with E-state index in [1.54, 1.807) is 41.5 Å². The lowest BCUT2D eigenvalue weighted by molar-refractivity contribution is -0.514. The van der Waals surface area contributed by atoms with E-state index >= 15 is 0 Å². The molecule has 0 saturated heterocycles. The van der Waals surface area contributed by atoms with E-state index in [0.29, 0.717) is 19.3 Å². The zero-order valence-corrected chi connectivity index (χ0v) is 14.8. The van der Waals surface area contributed by atoms with E-state index in [9.17, 15) is 9.59 Å². The molecular formula is C15H28O8. The molecule has 0 aliphatic heterocycles. The Morgan fingerprint density at radius 2 is 1.00 bits per heavy atom. The third kappa shape index (κ3) is 17.0. The van der Waals surface area contributed by atoms with E-state index in [4.69, 9.17) is 9.78 Å². The smallest absolute Gasteiger partial charge is 0.269 e. The van der Waals surface area contributed by atoms with Crippen molar-refractivity contribution in [2.75, 3.05) is 0 Å². The molecule has 0 heterocycles. The Morgan fingerprint density at radius 1 is 0.652 bits per heavy atom. The van der Waals surface area contributed by atoms with E-state index in [2.05, 4.69) is 19.9 Å². The molecule has 0 aromatic carbocycles. The van der Waals surface area contributed by atoms with Gasteiger partial charge in [0.25, 0.3) is 0 Å². The summed E-state index contributed by atoms with van der Waals surface area (Å²) in [4.78, 5) is 41.1. The monoisotopic (exact) mass is 336 g/mol. The van der Waals surface area contributed by atoms with Gasteiger partial charge < -0.3 is 0 Å². The molecule has 0 unspecified atom stereocenters. The summed E-state index contributed by atoms with van der Waals surface area (Å²) >= 11 is 0. The van der Waals surface area contributed by atoms with Crippen molar-refractivity contribution in [3.63, 3.8) is 0 Å². The highest BCUT2D eigenvalue weighted by molar-refractivity contribution is 5.69. The van der Waals surface area contributed by atoms with Crippen LogP contribution in [0.1, 0.15) is 73.6 Å². The summed E-state index contributed by atoms with van der Waals surface area (Å²) in [6, 6.07) is 0. The van der Waals surface area contributed by atoms with Gasteiger partial charge in [0, 0.05) is 12.8 Å². The minimum Gasteiger partial charge on any atom is -0.269 e. The minimum absolute atomic E-state index is 0.173. The Balaban J connectivity index is 3.51. The number of unbranched alkanes of at least 4 members (excludes halogenated alkanes) is 2. The number of hydrogen-bond acceptors (Lipinski definition) is 8. The van der Waals surface area contributed by atoms with Crippen molar-refractivity contribution in [3.8, 4) is 0 Å². The molecule has 0 atom stereocenters. The standard InChI is InChI=1S/C15H28O8/c1-14(2,3)20-22-18-12(16)10-8-7-9-11-13(17)19-23-21-15(4,5)6/h7-11H2,1-6H3. The molecule has 0 bridgehead atoms. The number of hydrogen-bond donors (Lipinski definition) is 0. The largest absolute Gasteiger partial charge is 0.345 e. The highest BCUT2D eigenvalue weighted by Crippen LogP contribution is 2.10. The van der Waals surface area contributed by atoms with Gasteiger partial charge in [0.2, 0.25) is 0 Å². The van der Waals surface area contributed by atoms with Gasteiger partial charge in [-0.2, -0.15) is 9.78 Å². The third-order valence-corrected chi connectivity index (χ3v) is 2.08. The van der Waals surface area contributed by atoms with Crippen molar-refractivity contribution in [2.24, 2.45) is 0 Å². The van der Waals surface area contributed by atoms with Gasteiger partial charge in [0.15, 0.2) is 0 Å². The summed E-state index contributed by atoms with van der Waals surface area (Å²) in [6.45, 7) is 10.6. The van der Waals surface area contributed by atoms with Gasteiger partial charge in [-0.15, -0.1) is 0 Å².